The van der Waals surface area contributed by atoms with Crippen LogP contribution in [-0.2, 0) is 0 Å². The van der Waals surface area contributed by atoms with Crippen molar-refractivity contribution >= 4 is 35.5 Å². The van der Waals surface area contributed by atoms with E-state index in [0.717, 1.165) is 30.7 Å². The number of aryl methyl sites for hydroxylation is 4. The van der Waals surface area contributed by atoms with Crippen LogP contribution in [0.25, 0.3) is 0 Å². The lowest BCUT2D eigenvalue weighted by atomic mass is 10.1. The quantitative estimate of drug-likeness (QED) is 0.416. The Bertz CT molecular complexity index is 1480. The first kappa shape index (κ1) is 30.0. The summed E-state index contributed by atoms with van der Waals surface area (Å²) in [4.78, 5) is 60.4. The average molecular weight is 575 g/mol. The van der Waals surface area contributed by atoms with Crippen LogP contribution in [0.1, 0.15) is 53.5 Å². The highest BCUT2D eigenvalue weighted by molar-refractivity contribution is 5.96. The average Bonchev–Trinajstić information content (AvgIpc) is 3.40. The van der Waals surface area contributed by atoms with Crippen LogP contribution in [0.4, 0.5) is 16.4 Å². The molecule has 0 atom stereocenters. The molecule has 3 N–H and O–H groups in total. The van der Waals surface area contributed by atoms with E-state index in [-0.39, 0.29) is 23.1 Å². The third-order valence-corrected chi connectivity index (χ3v) is 7.20. The second-order valence-electron chi connectivity index (χ2n) is 10.3. The lowest BCUT2D eigenvalue weighted by Crippen LogP contribution is -2.49. The van der Waals surface area contributed by atoms with E-state index >= 15 is 0 Å². The van der Waals surface area contributed by atoms with Crippen molar-refractivity contribution in [1.82, 2.24) is 20.2 Å². The maximum absolute atomic E-state index is 12.9. The standard InChI is InChI=1S/C21H26N6O2.C9H8O4/c1-14-12-15(2)19(24-16(14)3)25-8-10-26(11-9-25)20(28)17-4-5-18(23-13-17)27-7-6-22-21(27)29;1-5-2-6(8(10)11)4-7(3-5)9(12)13/h4-5,12-13H,6-11H2,1-3H3,(H,22,29);2-4H,1H3,(H,10,11)(H,12,13). The maximum Gasteiger partial charge on any atom is 0.335 e. The van der Waals surface area contributed by atoms with E-state index in [0.29, 0.717) is 43.1 Å². The zero-order valence-electron chi connectivity index (χ0n) is 24.0. The van der Waals surface area contributed by atoms with Gasteiger partial charge in [-0.25, -0.2) is 24.4 Å². The van der Waals surface area contributed by atoms with E-state index in [1.165, 1.54) is 23.3 Å². The molecule has 0 radical (unpaired) electrons. The number of hydrogen-bond acceptors (Lipinski definition) is 7. The number of hydrogen-bond donors (Lipinski definition) is 3. The number of benzene rings is 1. The Kier molecular flexibility index (Phi) is 9.04. The number of rotatable bonds is 5. The van der Waals surface area contributed by atoms with Gasteiger partial charge in [0, 0.05) is 51.2 Å². The van der Waals surface area contributed by atoms with Crippen molar-refractivity contribution < 1.29 is 29.4 Å². The van der Waals surface area contributed by atoms with E-state index < -0.39 is 11.9 Å². The summed E-state index contributed by atoms with van der Waals surface area (Å²) in [6.45, 7) is 11.8. The minimum Gasteiger partial charge on any atom is -0.478 e. The van der Waals surface area contributed by atoms with Gasteiger partial charge in [-0.15, -0.1) is 0 Å². The zero-order valence-corrected chi connectivity index (χ0v) is 24.0. The molecule has 2 aliphatic rings. The number of carboxylic acid groups (broad SMARTS) is 2. The molecule has 42 heavy (non-hydrogen) atoms. The van der Waals surface area contributed by atoms with Crippen LogP contribution in [0.3, 0.4) is 0 Å². The Morgan fingerprint density at radius 3 is 1.98 bits per heavy atom. The summed E-state index contributed by atoms with van der Waals surface area (Å²) in [6, 6.07) is 9.49. The first-order chi connectivity index (χ1) is 19.9. The Morgan fingerprint density at radius 2 is 1.45 bits per heavy atom. The van der Waals surface area contributed by atoms with Gasteiger partial charge >= 0.3 is 18.0 Å². The number of carbonyl (C=O) groups is 4. The summed E-state index contributed by atoms with van der Waals surface area (Å²) in [7, 11) is 0. The molecule has 2 aliphatic heterocycles. The van der Waals surface area contributed by atoms with Crippen LogP contribution in [0, 0.1) is 27.7 Å². The number of pyridine rings is 2. The molecular formula is C30H34N6O6. The molecule has 3 aromatic rings. The minimum atomic E-state index is -1.12. The number of nitrogens with one attached hydrogen (secondary N) is 1. The van der Waals surface area contributed by atoms with Gasteiger partial charge in [0.1, 0.15) is 11.6 Å². The fourth-order valence-corrected chi connectivity index (χ4v) is 4.85. The van der Waals surface area contributed by atoms with Crippen LogP contribution >= 0.6 is 0 Å². The maximum atomic E-state index is 12.9. The Labute approximate surface area is 243 Å². The van der Waals surface area contributed by atoms with Crippen molar-refractivity contribution in [2.45, 2.75) is 27.7 Å². The molecule has 0 spiro atoms. The molecule has 0 bridgehead atoms. The molecule has 0 unspecified atom stereocenters. The van der Waals surface area contributed by atoms with Crippen LogP contribution in [0.5, 0.6) is 0 Å². The molecule has 220 valence electrons. The van der Waals surface area contributed by atoms with Crippen molar-refractivity contribution in [3.05, 3.63) is 81.7 Å². The number of amides is 3. The van der Waals surface area contributed by atoms with E-state index in [1.807, 2.05) is 11.8 Å². The zero-order chi connectivity index (χ0) is 30.6. The van der Waals surface area contributed by atoms with Crippen molar-refractivity contribution in [3.8, 4) is 0 Å². The number of aromatic carboxylic acids is 2. The first-order valence-electron chi connectivity index (χ1n) is 13.5. The van der Waals surface area contributed by atoms with Gasteiger partial charge in [-0.05, 0) is 74.7 Å². The number of urea groups is 1. The predicted molar refractivity (Wildman–Crippen MR) is 157 cm³/mol. The van der Waals surface area contributed by atoms with Crippen LogP contribution in [0.2, 0.25) is 0 Å². The van der Waals surface area contributed by atoms with E-state index in [9.17, 15) is 19.2 Å². The molecule has 12 nitrogen and oxygen atoms in total. The number of carboxylic acids is 2. The van der Waals surface area contributed by atoms with E-state index in [4.69, 9.17) is 15.2 Å². The highest BCUT2D eigenvalue weighted by atomic mass is 16.4. The van der Waals surface area contributed by atoms with E-state index in [2.05, 4.69) is 35.1 Å². The lowest BCUT2D eigenvalue weighted by molar-refractivity contribution is 0.0694. The molecule has 1 aromatic carbocycles. The molecule has 2 fully saturated rings. The Hall–Kier alpha value is -5.00. The third kappa shape index (κ3) is 6.82. The van der Waals surface area contributed by atoms with Crippen molar-refractivity contribution in [2.75, 3.05) is 49.1 Å². The third-order valence-electron chi connectivity index (χ3n) is 7.20. The van der Waals surface area contributed by atoms with Crippen LogP contribution in [-0.4, -0.2) is 88.2 Å². The largest absolute Gasteiger partial charge is 0.478 e. The van der Waals surface area contributed by atoms with Crippen LogP contribution < -0.4 is 15.1 Å². The monoisotopic (exact) mass is 574 g/mol. The highest BCUT2D eigenvalue weighted by Crippen LogP contribution is 2.22. The fraction of sp³-hybridized carbons (Fsp3) is 0.333. The molecular weight excluding hydrogens is 540 g/mol. The van der Waals surface area contributed by atoms with Crippen LogP contribution in [0.15, 0.2) is 42.6 Å². The number of piperazine rings is 1. The summed E-state index contributed by atoms with van der Waals surface area (Å²) in [5.74, 6) is -0.690. The minimum absolute atomic E-state index is 0.00241. The molecule has 2 aromatic heterocycles. The summed E-state index contributed by atoms with van der Waals surface area (Å²) < 4.78 is 0. The Balaban J connectivity index is 0.000000262. The van der Waals surface area contributed by atoms with Gasteiger partial charge in [0.05, 0.1) is 16.7 Å². The lowest BCUT2D eigenvalue weighted by Gasteiger charge is -2.36. The topological polar surface area (TPSA) is 156 Å². The predicted octanol–water partition coefficient (Wildman–Crippen LogP) is 3.29. The van der Waals surface area contributed by atoms with E-state index in [1.54, 1.807) is 30.2 Å². The SMILES string of the molecule is Cc1cc(C(=O)O)cc(C(=O)O)c1.Cc1cc(C)c(N2CCN(C(=O)c3ccc(N4CCNC4=O)nc3)CC2)nc1C. The number of carbonyl (C=O) groups excluding carboxylic acids is 2. The number of nitrogens with zero attached hydrogens (tertiary/aromatic N) is 5. The second kappa shape index (κ2) is 12.7. The molecule has 12 heteroatoms. The fourth-order valence-electron chi connectivity index (χ4n) is 4.85. The molecule has 0 aliphatic carbocycles. The molecule has 0 saturated carbocycles. The van der Waals surface area contributed by atoms with Gasteiger partial charge in [-0.2, -0.15) is 0 Å². The van der Waals surface area contributed by atoms with Gasteiger partial charge in [0.25, 0.3) is 5.91 Å². The molecule has 2 saturated heterocycles. The van der Waals surface area contributed by atoms with Crippen molar-refractivity contribution in [1.29, 1.82) is 0 Å². The molecule has 5 rings (SSSR count). The summed E-state index contributed by atoms with van der Waals surface area (Å²) >= 11 is 0. The van der Waals surface area contributed by atoms with Gasteiger partial charge in [-0.1, -0.05) is 6.07 Å². The summed E-state index contributed by atoms with van der Waals surface area (Å²) in [6.07, 6.45) is 1.56. The molecule has 3 amide bonds. The smallest absolute Gasteiger partial charge is 0.335 e. The number of aromatic nitrogens is 2. The normalized spacial score (nSPS) is 14.7. The number of anilines is 2. The summed E-state index contributed by atoms with van der Waals surface area (Å²) in [5.41, 5.74) is 4.57. The van der Waals surface area contributed by atoms with Gasteiger partial charge in [-0.3, -0.25) is 9.69 Å². The highest BCUT2D eigenvalue weighted by Gasteiger charge is 2.26. The Morgan fingerprint density at radius 1 is 0.810 bits per heavy atom. The van der Waals surface area contributed by atoms with Crippen molar-refractivity contribution in [2.24, 2.45) is 0 Å². The second-order valence-corrected chi connectivity index (χ2v) is 10.3. The summed E-state index contributed by atoms with van der Waals surface area (Å²) in [5, 5.41) is 20.0. The molecule has 4 heterocycles. The first-order valence-corrected chi connectivity index (χ1v) is 13.5. The van der Waals surface area contributed by atoms with Gasteiger partial charge in [0.15, 0.2) is 0 Å². The van der Waals surface area contributed by atoms with Gasteiger partial charge in [0.2, 0.25) is 0 Å². The van der Waals surface area contributed by atoms with Crippen molar-refractivity contribution in [3.63, 3.8) is 0 Å². The van der Waals surface area contributed by atoms with Gasteiger partial charge < -0.3 is 25.3 Å².